The highest BCUT2D eigenvalue weighted by atomic mass is 35.5. The van der Waals surface area contributed by atoms with Gasteiger partial charge in [0, 0.05) is 0 Å². The van der Waals surface area contributed by atoms with Crippen LogP contribution in [0, 0.1) is 0 Å². The molecule has 0 aromatic heterocycles. The molecule has 0 amide bonds. The van der Waals surface area contributed by atoms with Crippen LogP contribution in [-0.4, -0.2) is 25.9 Å². The first-order valence-electron chi connectivity index (χ1n) is 3.57. The maximum absolute atomic E-state index is 10.8. The third-order valence-electron chi connectivity index (χ3n) is 1.62. The molecule has 0 aliphatic carbocycles. The van der Waals surface area contributed by atoms with E-state index in [1.165, 1.54) is 0 Å². The summed E-state index contributed by atoms with van der Waals surface area (Å²) in [6, 6.07) is 1.27. The number of anilines is 1. The molecular weight excluding hydrogens is 282 g/mol. The lowest BCUT2D eigenvalue weighted by Gasteiger charge is -2.06. The number of hydrogen-bond acceptors (Lipinski definition) is 5. The molecule has 1 rings (SSSR count). The molecule has 0 spiro atoms. The molecule has 0 aliphatic heterocycles. The van der Waals surface area contributed by atoms with Gasteiger partial charge < -0.3 is 5.73 Å². The van der Waals surface area contributed by atoms with Crippen LogP contribution in [0.3, 0.4) is 0 Å². The summed E-state index contributed by atoms with van der Waals surface area (Å²) in [6.45, 7) is 0. The van der Waals surface area contributed by atoms with Crippen LogP contribution in [0.1, 0.15) is 0 Å². The van der Waals surface area contributed by atoms with Gasteiger partial charge in [0.1, 0.15) is 9.79 Å². The second kappa shape index (κ2) is 3.86. The van der Waals surface area contributed by atoms with E-state index in [4.69, 9.17) is 26.4 Å². The van der Waals surface area contributed by atoms with Crippen LogP contribution in [0.25, 0.3) is 0 Å². The molecule has 0 fully saturated rings. The van der Waals surface area contributed by atoms with Gasteiger partial charge in [-0.25, -0.2) is 0 Å². The summed E-state index contributed by atoms with van der Waals surface area (Å²) in [7, 11) is -9.67. The Morgan fingerprint density at radius 1 is 1.00 bits per heavy atom. The van der Waals surface area contributed by atoms with Crippen LogP contribution in [-0.2, 0) is 20.2 Å². The highest BCUT2D eigenvalue weighted by Crippen LogP contribution is 2.29. The highest BCUT2D eigenvalue weighted by Gasteiger charge is 2.25. The van der Waals surface area contributed by atoms with Gasteiger partial charge in [-0.2, -0.15) is 16.8 Å². The van der Waals surface area contributed by atoms with Crippen molar-refractivity contribution in [3.8, 4) is 0 Å². The number of halogens is 1. The summed E-state index contributed by atoms with van der Waals surface area (Å²) in [5, 5.41) is -0.264. The van der Waals surface area contributed by atoms with E-state index in [9.17, 15) is 16.8 Å². The first-order chi connectivity index (χ1) is 7.03. The monoisotopic (exact) mass is 287 g/mol. The van der Waals surface area contributed by atoms with Gasteiger partial charge in [0.05, 0.1) is 10.7 Å². The van der Waals surface area contributed by atoms with Gasteiger partial charge in [0.2, 0.25) is 0 Å². The van der Waals surface area contributed by atoms with E-state index in [1.54, 1.807) is 0 Å². The number of rotatable bonds is 2. The summed E-state index contributed by atoms with van der Waals surface area (Å²) in [6.07, 6.45) is 0. The minimum atomic E-state index is -4.84. The van der Waals surface area contributed by atoms with E-state index in [-0.39, 0.29) is 10.7 Å². The molecule has 0 saturated heterocycles. The first kappa shape index (κ1) is 13.2. The standard InChI is InChI=1S/C6H6ClNO6S2/c7-3-1-5(15(9,10)11)6(2-4(3)8)16(12,13)14/h1-2H,8H2,(H,9,10,11)(H,12,13,14). The zero-order valence-corrected chi connectivity index (χ0v) is 9.84. The van der Waals surface area contributed by atoms with E-state index in [2.05, 4.69) is 0 Å². The summed E-state index contributed by atoms with van der Waals surface area (Å²) < 4.78 is 60.9. The number of nitrogens with two attached hydrogens (primary N) is 1. The fraction of sp³-hybridized carbons (Fsp3) is 0. The molecule has 0 atom stereocenters. The van der Waals surface area contributed by atoms with Crippen LogP contribution in [0.2, 0.25) is 5.02 Å². The Bertz CT molecular complexity index is 578. The van der Waals surface area contributed by atoms with Crippen molar-refractivity contribution in [1.29, 1.82) is 0 Å². The van der Waals surface area contributed by atoms with Crippen molar-refractivity contribution >= 4 is 37.5 Å². The predicted molar refractivity (Wildman–Crippen MR) is 55.5 cm³/mol. The van der Waals surface area contributed by atoms with Crippen molar-refractivity contribution < 1.29 is 25.9 Å². The Kier molecular flexibility index (Phi) is 3.18. The lowest BCUT2D eigenvalue weighted by molar-refractivity contribution is 0.466. The molecule has 4 N–H and O–H groups in total. The Hall–Kier alpha value is -0.870. The SMILES string of the molecule is Nc1cc(S(=O)(=O)O)c(S(=O)(=O)O)cc1Cl. The van der Waals surface area contributed by atoms with Gasteiger partial charge in [0.25, 0.3) is 20.2 Å². The molecule has 0 bridgehead atoms. The van der Waals surface area contributed by atoms with Crippen LogP contribution >= 0.6 is 11.6 Å². The minimum absolute atomic E-state index is 0.248. The van der Waals surface area contributed by atoms with Crippen molar-refractivity contribution in [2.45, 2.75) is 9.79 Å². The third kappa shape index (κ3) is 2.62. The molecule has 0 radical (unpaired) electrons. The van der Waals surface area contributed by atoms with Crippen molar-refractivity contribution in [2.75, 3.05) is 5.73 Å². The molecule has 0 saturated carbocycles. The number of hydrogen-bond donors (Lipinski definition) is 3. The van der Waals surface area contributed by atoms with Crippen LogP contribution in [0.5, 0.6) is 0 Å². The van der Waals surface area contributed by atoms with Gasteiger partial charge in [-0.15, -0.1) is 0 Å². The van der Waals surface area contributed by atoms with Crippen LogP contribution in [0.4, 0.5) is 5.69 Å². The van der Waals surface area contributed by atoms with E-state index in [1.807, 2.05) is 0 Å². The molecule has 0 aliphatic rings. The second-order valence-corrected chi connectivity index (χ2v) is 5.96. The Balaban J connectivity index is 3.80. The van der Waals surface area contributed by atoms with Gasteiger partial charge in [-0.1, -0.05) is 11.6 Å². The molecule has 16 heavy (non-hydrogen) atoms. The molecule has 90 valence electrons. The maximum Gasteiger partial charge on any atom is 0.295 e. The molecule has 1 aromatic carbocycles. The lowest BCUT2D eigenvalue weighted by Crippen LogP contribution is -2.09. The molecule has 7 nitrogen and oxygen atoms in total. The van der Waals surface area contributed by atoms with Gasteiger partial charge in [-0.05, 0) is 12.1 Å². The van der Waals surface area contributed by atoms with Crippen molar-refractivity contribution in [3.05, 3.63) is 17.2 Å². The third-order valence-corrected chi connectivity index (χ3v) is 3.86. The normalized spacial score (nSPS) is 12.7. The van der Waals surface area contributed by atoms with Crippen molar-refractivity contribution in [1.82, 2.24) is 0 Å². The second-order valence-electron chi connectivity index (χ2n) is 2.77. The minimum Gasteiger partial charge on any atom is -0.397 e. The summed E-state index contributed by atoms with van der Waals surface area (Å²) in [4.78, 5) is -2.06. The quantitative estimate of drug-likeness (QED) is 0.529. The lowest BCUT2D eigenvalue weighted by atomic mass is 10.3. The van der Waals surface area contributed by atoms with E-state index < -0.39 is 30.0 Å². The summed E-state index contributed by atoms with van der Waals surface area (Å²) in [5.74, 6) is 0. The Morgan fingerprint density at radius 2 is 1.38 bits per heavy atom. The fourth-order valence-corrected chi connectivity index (χ4v) is 2.98. The topological polar surface area (TPSA) is 135 Å². The average molecular weight is 288 g/mol. The van der Waals surface area contributed by atoms with Crippen LogP contribution < -0.4 is 5.73 Å². The summed E-state index contributed by atoms with van der Waals surface area (Å²) >= 11 is 5.46. The molecule has 0 unspecified atom stereocenters. The zero-order valence-electron chi connectivity index (χ0n) is 7.45. The number of nitrogen functional groups attached to an aromatic ring is 1. The van der Waals surface area contributed by atoms with Gasteiger partial charge in [0.15, 0.2) is 0 Å². The number of benzene rings is 1. The van der Waals surface area contributed by atoms with Gasteiger partial charge >= 0.3 is 0 Å². The summed E-state index contributed by atoms with van der Waals surface area (Å²) in [5.41, 5.74) is 5.00. The predicted octanol–water partition coefficient (Wildman–Crippen LogP) is 0.416. The molecule has 1 aromatic rings. The van der Waals surface area contributed by atoms with Gasteiger partial charge in [-0.3, -0.25) is 9.11 Å². The molecule has 10 heteroatoms. The Labute approximate surface area is 96.3 Å². The molecule has 0 heterocycles. The smallest absolute Gasteiger partial charge is 0.295 e. The first-order valence-corrected chi connectivity index (χ1v) is 6.83. The van der Waals surface area contributed by atoms with Crippen LogP contribution in [0.15, 0.2) is 21.9 Å². The largest absolute Gasteiger partial charge is 0.397 e. The highest BCUT2D eigenvalue weighted by molar-refractivity contribution is 7.89. The van der Waals surface area contributed by atoms with E-state index >= 15 is 0 Å². The zero-order chi connectivity index (χ0) is 12.7. The van der Waals surface area contributed by atoms with Crippen molar-refractivity contribution in [3.63, 3.8) is 0 Å². The van der Waals surface area contributed by atoms with E-state index in [0.717, 1.165) is 0 Å². The van der Waals surface area contributed by atoms with E-state index in [0.29, 0.717) is 12.1 Å². The maximum atomic E-state index is 10.8. The fourth-order valence-electron chi connectivity index (χ4n) is 0.954. The van der Waals surface area contributed by atoms with Crippen molar-refractivity contribution in [2.24, 2.45) is 0 Å². The average Bonchev–Trinajstić information content (AvgIpc) is 2.05. The Morgan fingerprint density at radius 3 is 1.75 bits per heavy atom. The molecular formula is C6H6ClNO6S2.